The van der Waals surface area contributed by atoms with Gasteiger partial charge in [-0.3, -0.25) is 9.69 Å². The first kappa shape index (κ1) is 21.7. The molecule has 2 aromatic carbocycles. The predicted octanol–water partition coefficient (Wildman–Crippen LogP) is 4.49. The van der Waals surface area contributed by atoms with Gasteiger partial charge in [-0.2, -0.15) is 8.78 Å². The second-order valence-electron chi connectivity index (χ2n) is 6.05. The summed E-state index contributed by atoms with van der Waals surface area (Å²) in [5, 5.41) is 8.34. The molecule has 0 spiro atoms. The average molecular weight is 458 g/mol. The van der Waals surface area contributed by atoms with E-state index in [-0.39, 0.29) is 4.90 Å². The van der Waals surface area contributed by atoms with Gasteiger partial charge in [0.15, 0.2) is 29.0 Å². The smallest absolute Gasteiger partial charge is 0.480 e. The Bertz CT molecular complexity index is 1080. The molecule has 2 aromatic rings. The molecule has 5 nitrogen and oxygen atoms in total. The lowest BCUT2D eigenvalue weighted by molar-refractivity contribution is -0.193. The second kappa shape index (κ2) is 7.04. The summed E-state index contributed by atoms with van der Waals surface area (Å²) in [6, 6.07) is -0.870. The summed E-state index contributed by atoms with van der Waals surface area (Å²) in [6.45, 7) is 0.845. The highest BCUT2D eigenvalue weighted by molar-refractivity contribution is 6.33. The molecule has 0 aliphatic carbocycles. The van der Waals surface area contributed by atoms with Crippen molar-refractivity contribution in [1.82, 2.24) is 0 Å². The molecular formula is C17H7ClF7NO4. The van der Waals surface area contributed by atoms with Crippen molar-refractivity contribution in [1.29, 1.82) is 0 Å². The zero-order chi connectivity index (χ0) is 22.7. The van der Waals surface area contributed by atoms with Gasteiger partial charge >= 0.3 is 18.0 Å². The minimum absolute atomic E-state index is 0.0487. The second-order valence-corrected chi connectivity index (χ2v) is 6.46. The summed E-state index contributed by atoms with van der Waals surface area (Å²) >= 11 is 5.79. The van der Waals surface area contributed by atoms with E-state index in [0.29, 0.717) is 12.1 Å². The Labute approximate surface area is 167 Å². The van der Waals surface area contributed by atoms with Crippen LogP contribution in [-0.4, -0.2) is 29.1 Å². The van der Waals surface area contributed by atoms with E-state index in [1.165, 1.54) is 0 Å². The molecule has 0 unspecified atom stereocenters. The van der Waals surface area contributed by atoms with Crippen molar-refractivity contribution >= 4 is 29.2 Å². The first-order valence-corrected chi connectivity index (χ1v) is 8.16. The number of carbonyl (C=O) groups excluding carboxylic acids is 1. The van der Waals surface area contributed by atoms with E-state index in [1.54, 1.807) is 0 Å². The molecule has 13 heteroatoms. The number of carbonyl (C=O) groups is 2. The summed E-state index contributed by atoms with van der Waals surface area (Å²) in [5.74, 6) is -16.3. The molecule has 0 bridgehead atoms. The van der Waals surface area contributed by atoms with E-state index in [4.69, 9.17) is 16.7 Å². The third kappa shape index (κ3) is 3.11. The fourth-order valence-corrected chi connectivity index (χ4v) is 3.02. The number of amides is 1. The van der Waals surface area contributed by atoms with Crippen molar-refractivity contribution in [3.63, 3.8) is 0 Å². The third-order valence-electron chi connectivity index (χ3n) is 4.24. The van der Waals surface area contributed by atoms with Crippen LogP contribution in [0.1, 0.15) is 6.92 Å². The normalized spacial score (nSPS) is 16.2. The quantitative estimate of drug-likeness (QED) is 0.419. The third-order valence-corrected chi connectivity index (χ3v) is 4.55. The maximum absolute atomic E-state index is 14.2. The molecule has 3 rings (SSSR count). The first-order chi connectivity index (χ1) is 13.8. The van der Waals surface area contributed by atoms with Crippen LogP contribution in [0.25, 0.3) is 11.1 Å². The first-order valence-electron chi connectivity index (χ1n) is 7.78. The predicted molar refractivity (Wildman–Crippen MR) is 86.8 cm³/mol. The number of aliphatic carboxylic acids is 1. The number of hydrogen-bond donors (Lipinski definition) is 1. The van der Waals surface area contributed by atoms with Gasteiger partial charge in [0, 0.05) is 11.6 Å². The van der Waals surface area contributed by atoms with Crippen LogP contribution in [0.4, 0.5) is 36.4 Å². The molecule has 0 saturated heterocycles. The molecule has 1 heterocycles. The SMILES string of the molecule is C[C@H](C(=O)O)N1C(=O)C(F)(F)Oc2cc(Cl)c(-c3c(F)c(F)c(F)c(F)c3F)cc21. The van der Waals surface area contributed by atoms with Gasteiger partial charge in [-0.15, -0.1) is 0 Å². The van der Waals surface area contributed by atoms with Crippen molar-refractivity contribution in [2.24, 2.45) is 0 Å². The molecule has 1 atom stereocenters. The molecule has 1 N–H and O–H groups in total. The number of fused-ring (bicyclic) bond motifs is 1. The van der Waals surface area contributed by atoms with Crippen LogP contribution in [0, 0.1) is 29.1 Å². The Morgan fingerprint density at radius 3 is 2.07 bits per heavy atom. The van der Waals surface area contributed by atoms with E-state index in [1.807, 2.05) is 0 Å². The Morgan fingerprint density at radius 1 is 1.07 bits per heavy atom. The number of carboxylic acids is 1. The average Bonchev–Trinajstić information content (AvgIpc) is 2.66. The highest BCUT2D eigenvalue weighted by Gasteiger charge is 2.53. The van der Waals surface area contributed by atoms with Gasteiger partial charge < -0.3 is 9.84 Å². The highest BCUT2D eigenvalue weighted by Crippen LogP contribution is 2.46. The number of anilines is 1. The molecular weight excluding hydrogens is 451 g/mol. The number of benzene rings is 2. The van der Waals surface area contributed by atoms with Gasteiger partial charge in [0.05, 0.1) is 16.3 Å². The van der Waals surface area contributed by atoms with E-state index in [0.717, 1.165) is 6.92 Å². The molecule has 0 fully saturated rings. The Hall–Kier alpha value is -3.02. The number of carboxylic acid groups (broad SMARTS) is 1. The van der Waals surface area contributed by atoms with Crippen LogP contribution < -0.4 is 9.64 Å². The molecule has 0 saturated carbocycles. The van der Waals surface area contributed by atoms with Crippen LogP contribution in [-0.2, 0) is 9.59 Å². The lowest BCUT2D eigenvalue weighted by Gasteiger charge is -2.36. The number of rotatable bonds is 3. The van der Waals surface area contributed by atoms with Crippen LogP contribution >= 0.6 is 11.6 Å². The van der Waals surface area contributed by atoms with Crippen LogP contribution in [0.5, 0.6) is 5.75 Å². The van der Waals surface area contributed by atoms with E-state index in [9.17, 15) is 40.3 Å². The molecule has 1 amide bonds. The van der Waals surface area contributed by atoms with Gasteiger partial charge in [0.2, 0.25) is 5.82 Å². The maximum atomic E-state index is 14.2. The Kier molecular flexibility index (Phi) is 5.09. The zero-order valence-electron chi connectivity index (χ0n) is 14.4. The van der Waals surface area contributed by atoms with Crippen molar-refractivity contribution in [3.05, 3.63) is 46.2 Å². The molecule has 0 aromatic heterocycles. The number of ether oxygens (including phenoxy) is 1. The van der Waals surface area contributed by atoms with Gasteiger partial charge in [0.25, 0.3) is 0 Å². The van der Waals surface area contributed by atoms with Crippen molar-refractivity contribution in [2.75, 3.05) is 4.90 Å². The van der Waals surface area contributed by atoms with Gasteiger partial charge in [-0.05, 0) is 13.0 Å². The van der Waals surface area contributed by atoms with Crippen molar-refractivity contribution in [3.8, 4) is 16.9 Å². The summed E-state index contributed by atoms with van der Waals surface area (Å²) < 4.78 is 101. The summed E-state index contributed by atoms with van der Waals surface area (Å²) in [4.78, 5) is 23.3. The summed E-state index contributed by atoms with van der Waals surface area (Å²) in [5.41, 5.74) is -3.12. The van der Waals surface area contributed by atoms with Gasteiger partial charge in [-0.1, -0.05) is 11.6 Å². The van der Waals surface area contributed by atoms with Crippen LogP contribution in [0.2, 0.25) is 5.02 Å². The number of halogens is 8. The number of hydrogen-bond acceptors (Lipinski definition) is 3. The Morgan fingerprint density at radius 2 is 1.57 bits per heavy atom. The highest BCUT2D eigenvalue weighted by atomic mass is 35.5. The zero-order valence-corrected chi connectivity index (χ0v) is 15.1. The van der Waals surface area contributed by atoms with Crippen molar-refractivity contribution < 1.29 is 50.2 Å². The van der Waals surface area contributed by atoms with E-state index in [2.05, 4.69) is 4.74 Å². The number of nitrogens with zero attached hydrogens (tertiary/aromatic N) is 1. The topological polar surface area (TPSA) is 66.8 Å². The molecule has 0 radical (unpaired) electrons. The minimum atomic E-state index is -4.51. The molecule has 30 heavy (non-hydrogen) atoms. The van der Waals surface area contributed by atoms with Crippen LogP contribution in [0.3, 0.4) is 0 Å². The summed E-state index contributed by atoms with van der Waals surface area (Å²) in [6.07, 6.45) is -4.51. The molecule has 160 valence electrons. The summed E-state index contributed by atoms with van der Waals surface area (Å²) in [7, 11) is 0. The maximum Gasteiger partial charge on any atom is 0.483 e. The molecule has 1 aliphatic rings. The largest absolute Gasteiger partial charge is 0.483 e. The lowest BCUT2D eigenvalue weighted by atomic mass is 10.0. The lowest BCUT2D eigenvalue weighted by Crippen LogP contribution is -2.55. The molecule has 1 aliphatic heterocycles. The standard InChI is InChI=1S/C17H7ClF7NO4/c1-4(15(27)28)26-7-2-5(6(18)3-8(7)30-17(24,25)16(26)29)9-10(19)12(21)14(23)13(22)11(9)20/h2-4H,1H3,(H,27,28)/t4-/m1/s1. The van der Waals surface area contributed by atoms with E-state index < -0.39 is 80.7 Å². The van der Waals surface area contributed by atoms with Crippen LogP contribution in [0.15, 0.2) is 12.1 Å². The monoisotopic (exact) mass is 457 g/mol. The van der Waals surface area contributed by atoms with E-state index >= 15 is 0 Å². The minimum Gasteiger partial charge on any atom is -0.480 e. The van der Waals surface area contributed by atoms with Gasteiger partial charge in [-0.25, -0.2) is 26.7 Å². The van der Waals surface area contributed by atoms with Crippen molar-refractivity contribution in [2.45, 2.75) is 19.1 Å². The number of alkyl halides is 2. The fraction of sp³-hybridized carbons (Fsp3) is 0.176. The fourth-order valence-electron chi connectivity index (χ4n) is 2.77. The Balaban J connectivity index is 2.34. The van der Waals surface area contributed by atoms with Gasteiger partial charge in [0.1, 0.15) is 6.04 Å².